The molecule has 1 heterocycles. The summed E-state index contributed by atoms with van der Waals surface area (Å²) in [4.78, 5) is 6.46. The molecule has 2 radical (unpaired) electrons. The summed E-state index contributed by atoms with van der Waals surface area (Å²) >= 11 is 0. The Hall–Kier alpha value is -2.49. The molecule has 0 saturated heterocycles. The molecular weight excluding hydrogens is 276 g/mol. The van der Waals surface area contributed by atoms with Crippen molar-refractivity contribution in [1.82, 2.24) is 4.98 Å². The fraction of sp³-hybridized carbons (Fsp3) is 0.222. The van der Waals surface area contributed by atoms with Gasteiger partial charge in [-0.05, 0) is 43.2 Å². The number of aromatic nitrogens is 1. The molecule has 0 aliphatic carbocycles. The lowest BCUT2D eigenvalue weighted by Crippen LogP contribution is -2.20. The first kappa shape index (κ1) is 14.4. The minimum atomic E-state index is 0.633. The van der Waals surface area contributed by atoms with Crippen LogP contribution in [0.25, 0.3) is 11.1 Å². The molecule has 2 aromatic carbocycles. The topological polar surface area (TPSA) is 38.5 Å². The van der Waals surface area contributed by atoms with Crippen molar-refractivity contribution in [2.75, 3.05) is 25.1 Å². The van der Waals surface area contributed by atoms with Gasteiger partial charge in [0.15, 0.2) is 5.58 Å². The van der Waals surface area contributed by atoms with E-state index in [1.807, 2.05) is 60.5 Å². The van der Waals surface area contributed by atoms with Gasteiger partial charge in [-0.1, -0.05) is 24.3 Å². The summed E-state index contributed by atoms with van der Waals surface area (Å²) < 4.78 is 11.4. The summed E-state index contributed by atoms with van der Waals surface area (Å²) in [5.41, 5.74) is 2.42. The molecule has 22 heavy (non-hydrogen) atoms. The van der Waals surface area contributed by atoms with Crippen molar-refractivity contribution in [3.63, 3.8) is 0 Å². The van der Waals surface area contributed by atoms with Gasteiger partial charge in [-0.25, -0.2) is 0 Å². The third kappa shape index (κ3) is 3.39. The monoisotopic (exact) mass is 294 g/mol. The maximum Gasteiger partial charge on any atom is 0.298 e. The van der Waals surface area contributed by atoms with Gasteiger partial charge >= 0.3 is 0 Å². The van der Waals surface area contributed by atoms with Crippen LogP contribution in [0.3, 0.4) is 0 Å². The van der Waals surface area contributed by atoms with Crippen molar-refractivity contribution in [3.8, 4) is 5.75 Å². The largest absolute Gasteiger partial charge is 0.494 e. The Morgan fingerprint density at radius 3 is 2.68 bits per heavy atom. The van der Waals surface area contributed by atoms with E-state index in [4.69, 9.17) is 16.1 Å². The molecule has 1 aromatic heterocycles. The SMILES string of the molecule is [CH]c1ccc(OCCCN(C)c2nc3ccccc3o2)cc1. The van der Waals surface area contributed by atoms with E-state index in [-0.39, 0.29) is 0 Å². The first-order valence-corrected chi connectivity index (χ1v) is 7.27. The van der Waals surface area contributed by atoms with Gasteiger partial charge in [-0.15, -0.1) is 0 Å². The molecule has 0 spiro atoms. The normalized spacial score (nSPS) is 10.8. The van der Waals surface area contributed by atoms with Crippen molar-refractivity contribution in [1.29, 1.82) is 0 Å². The third-order valence-corrected chi connectivity index (χ3v) is 3.40. The van der Waals surface area contributed by atoms with Crippen molar-refractivity contribution < 1.29 is 9.15 Å². The van der Waals surface area contributed by atoms with Crippen LogP contribution in [0.2, 0.25) is 0 Å². The van der Waals surface area contributed by atoms with Crippen molar-refractivity contribution in [2.24, 2.45) is 0 Å². The van der Waals surface area contributed by atoms with Crippen LogP contribution in [0.15, 0.2) is 52.9 Å². The zero-order valence-corrected chi connectivity index (χ0v) is 12.5. The molecule has 3 aromatic rings. The summed E-state index contributed by atoms with van der Waals surface area (Å²) in [6, 6.07) is 15.8. The predicted octanol–water partition coefficient (Wildman–Crippen LogP) is 3.79. The zero-order valence-electron chi connectivity index (χ0n) is 12.5. The Kier molecular flexibility index (Phi) is 4.28. The number of nitrogens with zero attached hydrogens (tertiary/aromatic N) is 2. The van der Waals surface area contributed by atoms with E-state index in [1.165, 1.54) is 0 Å². The Balaban J connectivity index is 1.49. The minimum Gasteiger partial charge on any atom is -0.494 e. The summed E-state index contributed by atoms with van der Waals surface area (Å²) in [6.45, 7) is 7.08. The zero-order chi connectivity index (χ0) is 15.4. The number of hydrogen-bond donors (Lipinski definition) is 0. The lowest BCUT2D eigenvalue weighted by molar-refractivity contribution is 0.311. The molecule has 0 aliphatic heterocycles. The van der Waals surface area contributed by atoms with Gasteiger partial charge in [0.2, 0.25) is 0 Å². The minimum absolute atomic E-state index is 0.633. The fourth-order valence-corrected chi connectivity index (χ4v) is 2.17. The number of hydrogen-bond acceptors (Lipinski definition) is 4. The maximum atomic E-state index is 5.72. The molecule has 0 unspecified atom stereocenters. The first-order chi connectivity index (χ1) is 10.7. The van der Waals surface area contributed by atoms with Crippen LogP contribution >= 0.6 is 0 Å². The van der Waals surface area contributed by atoms with E-state index in [0.29, 0.717) is 12.6 Å². The van der Waals surface area contributed by atoms with Gasteiger partial charge in [0.05, 0.1) is 6.61 Å². The summed E-state index contributed by atoms with van der Waals surface area (Å²) in [5.74, 6) is 0.832. The highest BCUT2D eigenvalue weighted by atomic mass is 16.5. The van der Waals surface area contributed by atoms with Gasteiger partial charge in [-0.2, -0.15) is 4.98 Å². The highest BCUT2D eigenvalue weighted by Crippen LogP contribution is 2.20. The first-order valence-electron chi connectivity index (χ1n) is 7.27. The molecule has 0 aliphatic rings. The molecule has 4 nitrogen and oxygen atoms in total. The van der Waals surface area contributed by atoms with Gasteiger partial charge in [0.25, 0.3) is 6.01 Å². The van der Waals surface area contributed by atoms with Gasteiger partial charge in [-0.3, -0.25) is 0 Å². The summed E-state index contributed by atoms with van der Waals surface area (Å²) in [7, 11) is 1.97. The fourth-order valence-electron chi connectivity index (χ4n) is 2.17. The Morgan fingerprint density at radius 1 is 1.14 bits per heavy atom. The van der Waals surface area contributed by atoms with Crippen LogP contribution in [-0.2, 0) is 0 Å². The average Bonchev–Trinajstić information content (AvgIpc) is 2.97. The van der Waals surface area contributed by atoms with Crippen LogP contribution in [0.5, 0.6) is 5.75 Å². The van der Waals surface area contributed by atoms with Crippen molar-refractivity contribution in [2.45, 2.75) is 6.42 Å². The Labute approximate surface area is 130 Å². The van der Waals surface area contributed by atoms with E-state index < -0.39 is 0 Å². The van der Waals surface area contributed by atoms with E-state index in [2.05, 4.69) is 4.98 Å². The second kappa shape index (κ2) is 6.52. The lowest BCUT2D eigenvalue weighted by Gasteiger charge is -2.14. The van der Waals surface area contributed by atoms with Crippen LogP contribution < -0.4 is 9.64 Å². The number of oxazole rings is 1. The van der Waals surface area contributed by atoms with E-state index >= 15 is 0 Å². The third-order valence-electron chi connectivity index (χ3n) is 3.40. The maximum absolute atomic E-state index is 5.72. The van der Waals surface area contributed by atoms with Crippen molar-refractivity contribution in [3.05, 3.63) is 61.0 Å². The number of para-hydroxylation sites is 2. The molecule has 112 valence electrons. The molecule has 0 bridgehead atoms. The van der Waals surface area contributed by atoms with Crippen LogP contribution in [-0.4, -0.2) is 25.2 Å². The molecule has 3 rings (SSSR count). The second-order valence-electron chi connectivity index (χ2n) is 5.16. The van der Waals surface area contributed by atoms with E-state index in [1.54, 1.807) is 0 Å². The second-order valence-corrected chi connectivity index (χ2v) is 5.16. The van der Waals surface area contributed by atoms with Crippen LogP contribution in [0.1, 0.15) is 12.0 Å². The molecule has 0 amide bonds. The Bertz CT molecular complexity index is 701. The molecule has 4 heteroatoms. The quantitative estimate of drug-likeness (QED) is 0.648. The molecule has 0 N–H and O–H groups in total. The van der Waals surface area contributed by atoms with Gasteiger partial charge in [0, 0.05) is 13.6 Å². The number of fused-ring (bicyclic) bond motifs is 1. The number of rotatable bonds is 6. The number of benzene rings is 2. The summed E-state index contributed by atoms with van der Waals surface area (Å²) in [5, 5.41) is 0. The lowest BCUT2D eigenvalue weighted by atomic mass is 10.2. The molecular formula is C18H18N2O2. The highest BCUT2D eigenvalue weighted by molar-refractivity contribution is 5.74. The van der Waals surface area contributed by atoms with E-state index in [0.717, 1.165) is 35.4 Å². The van der Waals surface area contributed by atoms with Gasteiger partial charge < -0.3 is 14.1 Å². The van der Waals surface area contributed by atoms with Gasteiger partial charge in [0.1, 0.15) is 11.3 Å². The number of ether oxygens (including phenoxy) is 1. The standard InChI is InChI=1S/C18H18N2O2/c1-14-8-10-15(11-9-14)21-13-5-12-20(2)18-19-16-6-3-4-7-17(16)22-18/h1,3-4,6-11H,5,12-13H2,2H3. The molecule has 0 saturated carbocycles. The Morgan fingerprint density at radius 2 is 1.91 bits per heavy atom. The molecule has 0 atom stereocenters. The van der Waals surface area contributed by atoms with Crippen LogP contribution in [0, 0.1) is 6.92 Å². The average molecular weight is 294 g/mol. The van der Waals surface area contributed by atoms with Crippen molar-refractivity contribution >= 4 is 17.1 Å². The van der Waals surface area contributed by atoms with Crippen LogP contribution in [0.4, 0.5) is 6.01 Å². The molecule has 0 fully saturated rings. The predicted molar refractivity (Wildman–Crippen MR) is 87.2 cm³/mol. The van der Waals surface area contributed by atoms with E-state index in [9.17, 15) is 0 Å². The highest BCUT2D eigenvalue weighted by Gasteiger charge is 2.09. The number of anilines is 1. The summed E-state index contributed by atoms with van der Waals surface area (Å²) in [6.07, 6.45) is 0.875. The smallest absolute Gasteiger partial charge is 0.298 e.